The van der Waals surface area contributed by atoms with Crippen LogP contribution in [-0.4, -0.2) is 28.8 Å². The lowest BCUT2D eigenvalue weighted by atomic mass is 10.1. The van der Waals surface area contributed by atoms with Gasteiger partial charge < -0.3 is 10.2 Å². The molecule has 0 aromatic heterocycles. The smallest absolute Gasteiger partial charge is 0.242 e. The highest BCUT2D eigenvalue weighted by Gasteiger charge is 2.25. The zero-order valence-corrected chi connectivity index (χ0v) is 14.6. The van der Waals surface area contributed by atoms with E-state index in [9.17, 15) is 9.59 Å². The summed E-state index contributed by atoms with van der Waals surface area (Å²) in [7, 11) is 0. The summed E-state index contributed by atoms with van der Waals surface area (Å²) in [6.07, 6.45) is 0.382. The Morgan fingerprint density at radius 3 is 2.48 bits per heavy atom. The van der Waals surface area contributed by atoms with Crippen molar-refractivity contribution < 1.29 is 9.59 Å². The second kappa shape index (κ2) is 8.17. The van der Waals surface area contributed by atoms with Gasteiger partial charge >= 0.3 is 0 Å². The average Bonchev–Trinajstić information content (AvgIpc) is 2.42. The molecule has 1 aromatic carbocycles. The Kier molecular flexibility index (Phi) is 6.89. The molecule has 21 heavy (non-hydrogen) atoms. The summed E-state index contributed by atoms with van der Waals surface area (Å²) in [5, 5.41) is 2.86. The molecule has 116 valence electrons. The van der Waals surface area contributed by atoms with Crippen molar-refractivity contribution in [1.82, 2.24) is 10.2 Å². The Morgan fingerprint density at radius 1 is 1.29 bits per heavy atom. The van der Waals surface area contributed by atoms with E-state index in [2.05, 4.69) is 21.2 Å². The van der Waals surface area contributed by atoms with Crippen molar-refractivity contribution in [2.24, 2.45) is 0 Å². The Morgan fingerprint density at radius 2 is 1.95 bits per heavy atom. The topological polar surface area (TPSA) is 49.4 Å². The van der Waals surface area contributed by atoms with Crippen molar-refractivity contribution >= 4 is 27.7 Å². The minimum atomic E-state index is -0.487. The molecule has 0 spiro atoms. The van der Waals surface area contributed by atoms with Crippen LogP contribution in [0, 0.1) is 0 Å². The van der Waals surface area contributed by atoms with Gasteiger partial charge in [0.2, 0.25) is 11.8 Å². The molecule has 0 saturated heterocycles. The first-order valence-electron chi connectivity index (χ1n) is 7.19. The van der Waals surface area contributed by atoms with E-state index in [1.807, 2.05) is 45.0 Å². The van der Waals surface area contributed by atoms with E-state index in [4.69, 9.17) is 0 Å². The van der Waals surface area contributed by atoms with Crippen LogP contribution in [0.1, 0.15) is 39.7 Å². The molecule has 1 N–H and O–H groups in total. The van der Waals surface area contributed by atoms with Crippen LogP contribution >= 0.6 is 15.9 Å². The minimum absolute atomic E-state index is 0.0265. The van der Waals surface area contributed by atoms with Crippen LogP contribution in [0.2, 0.25) is 0 Å². The summed E-state index contributed by atoms with van der Waals surface area (Å²) < 4.78 is 0.961. The summed E-state index contributed by atoms with van der Waals surface area (Å²) in [6, 6.07) is 7.34. The first kappa shape index (κ1) is 17.7. The molecule has 1 atom stereocenters. The first-order valence-corrected chi connectivity index (χ1v) is 7.98. The summed E-state index contributed by atoms with van der Waals surface area (Å²) in [4.78, 5) is 25.9. The maximum Gasteiger partial charge on any atom is 0.242 e. The Hall–Kier alpha value is -1.36. The molecule has 0 unspecified atom stereocenters. The van der Waals surface area contributed by atoms with Gasteiger partial charge in [-0.2, -0.15) is 0 Å². The zero-order valence-electron chi connectivity index (χ0n) is 13.0. The van der Waals surface area contributed by atoms with Crippen LogP contribution in [-0.2, 0) is 16.1 Å². The molecule has 2 amide bonds. The number of carbonyl (C=O) groups excluding carboxylic acids is 2. The standard InChI is InChI=1S/C16H23BrN2O2/c1-5-15(20)19(12(4)16(21)18-11(2)3)10-13-7-6-8-14(17)9-13/h6-9,11-12H,5,10H2,1-4H3,(H,18,21)/t12-/m1/s1. The van der Waals surface area contributed by atoms with Gasteiger partial charge in [0.05, 0.1) is 0 Å². The Labute approximate surface area is 135 Å². The third-order valence-corrected chi connectivity index (χ3v) is 3.64. The first-order chi connectivity index (χ1) is 9.85. The highest BCUT2D eigenvalue weighted by atomic mass is 79.9. The molecule has 1 aromatic rings. The second-order valence-electron chi connectivity index (χ2n) is 5.34. The van der Waals surface area contributed by atoms with Gasteiger partial charge in [-0.25, -0.2) is 0 Å². The molecule has 5 heteroatoms. The third-order valence-electron chi connectivity index (χ3n) is 3.14. The van der Waals surface area contributed by atoms with Gasteiger partial charge in [-0.1, -0.05) is 35.0 Å². The Bertz CT molecular complexity index is 503. The van der Waals surface area contributed by atoms with Crippen molar-refractivity contribution in [3.05, 3.63) is 34.3 Å². The van der Waals surface area contributed by atoms with Crippen LogP contribution in [0.3, 0.4) is 0 Å². The van der Waals surface area contributed by atoms with Crippen LogP contribution < -0.4 is 5.32 Å². The van der Waals surface area contributed by atoms with Crippen molar-refractivity contribution in [1.29, 1.82) is 0 Å². The van der Waals surface area contributed by atoms with E-state index in [1.54, 1.807) is 11.8 Å². The van der Waals surface area contributed by atoms with Crippen LogP contribution in [0.15, 0.2) is 28.7 Å². The number of hydrogen-bond donors (Lipinski definition) is 1. The molecular weight excluding hydrogens is 332 g/mol. The number of halogens is 1. The molecule has 0 aliphatic heterocycles. The largest absolute Gasteiger partial charge is 0.352 e. The average molecular weight is 355 g/mol. The number of hydrogen-bond acceptors (Lipinski definition) is 2. The van der Waals surface area contributed by atoms with Crippen molar-refractivity contribution in [2.45, 2.75) is 52.7 Å². The highest BCUT2D eigenvalue weighted by molar-refractivity contribution is 9.10. The lowest BCUT2D eigenvalue weighted by Crippen LogP contribution is -2.48. The van der Waals surface area contributed by atoms with Gasteiger partial charge in [0.1, 0.15) is 6.04 Å². The van der Waals surface area contributed by atoms with E-state index in [1.165, 1.54) is 0 Å². The van der Waals surface area contributed by atoms with Crippen molar-refractivity contribution in [2.75, 3.05) is 0 Å². The maximum absolute atomic E-state index is 12.2. The molecule has 0 saturated carbocycles. The van der Waals surface area contributed by atoms with E-state index in [-0.39, 0.29) is 17.9 Å². The summed E-state index contributed by atoms with van der Waals surface area (Å²) in [5.74, 6) is -0.150. The quantitative estimate of drug-likeness (QED) is 0.853. The van der Waals surface area contributed by atoms with E-state index >= 15 is 0 Å². The second-order valence-corrected chi connectivity index (χ2v) is 6.26. The Balaban J connectivity index is 2.90. The summed E-state index contributed by atoms with van der Waals surface area (Å²) >= 11 is 3.42. The van der Waals surface area contributed by atoms with Crippen LogP contribution in [0.5, 0.6) is 0 Å². The van der Waals surface area contributed by atoms with Gasteiger partial charge in [0.25, 0.3) is 0 Å². The lowest BCUT2D eigenvalue weighted by Gasteiger charge is -2.29. The number of nitrogens with one attached hydrogen (secondary N) is 1. The number of carbonyl (C=O) groups is 2. The van der Waals surface area contributed by atoms with Gasteiger partial charge in [0, 0.05) is 23.5 Å². The number of nitrogens with zero attached hydrogens (tertiary/aromatic N) is 1. The number of amides is 2. The maximum atomic E-state index is 12.2. The fraction of sp³-hybridized carbons (Fsp3) is 0.500. The van der Waals surface area contributed by atoms with E-state index in [0.717, 1.165) is 10.0 Å². The van der Waals surface area contributed by atoms with Crippen LogP contribution in [0.4, 0.5) is 0 Å². The predicted molar refractivity (Wildman–Crippen MR) is 87.7 cm³/mol. The summed E-state index contributed by atoms with van der Waals surface area (Å²) in [5.41, 5.74) is 0.996. The summed E-state index contributed by atoms with van der Waals surface area (Å²) in [6.45, 7) is 7.82. The fourth-order valence-corrected chi connectivity index (χ4v) is 2.47. The van der Waals surface area contributed by atoms with Crippen LogP contribution in [0.25, 0.3) is 0 Å². The third kappa shape index (κ3) is 5.50. The highest BCUT2D eigenvalue weighted by Crippen LogP contribution is 2.15. The minimum Gasteiger partial charge on any atom is -0.352 e. The van der Waals surface area contributed by atoms with Gasteiger partial charge in [-0.15, -0.1) is 0 Å². The molecule has 0 aliphatic rings. The molecule has 0 aliphatic carbocycles. The normalized spacial score (nSPS) is 12.1. The van der Waals surface area contributed by atoms with Gasteiger partial charge in [-0.05, 0) is 38.5 Å². The fourth-order valence-electron chi connectivity index (χ4n) is 2.02. The van der Waals surface area contributed by atoms with E-state index in [0.29, 0.717) is 13.0 Å². The molecular formula is C16H23BrN2O2. The van der Waals surface area contributed by atoms with E-state index < -0.39 is 6.04 Å². The molecule has 0 bridgehead atoms. The number of rotatable bonds is 6. The number of benzene rings is 1. The van der Waals surface area contributed by atoms with Crippen molar-refractivity contribution in [3.63, 3.8) is 0 Å². The lowest BCUT2D eigenvalue weighted by molar-refractivity contribution is -0.140. The molecule has 0 heterocycles. The molecule has 4 nitrogen and oxygen atoms in total. The molecule has 0 fully saturated rings. The van der Waals surface area contributed by atoms with Crippen molar-refractivity contribution in [3.8, 4) is 0 Å². The SMILES string of the molecule is CCC(=O)N(Cc1cccc(Br)c1)[C@H](C)C(=O)NC(C)C. The molecule has 1 rings (SSSR count). The molecule has 0 radical (unpaired) electrons. The van der Waals surface area contributed by atoms with Gasteiger partial charge in [-0.3, -0.25) is 9.59 Å². The zero-order chi connectivity index (χ0) is 16.0. The monoisotopic (exact) mass is 354 g/mol. The van der Waals surface area contributed by atoms with Gasteiger partial charge in [0.15, 0.2) is 0 Å². The predicted octanol–water partition coefficient (Wildman–Crippen LogP) is 3.10.